The lowest BCUT2D eigenvalue weighted by atomic mass is 9.77. The van der Waals surface area contributed by atoms with Crippen LogP contribution in [0.2, 0.25) is 0 Å². The zero-order valence-electron chi connectivity index (χ0n) is 20.7. The largest absolute Gasteiger partial charge is 0.387 e. The van der Waals surface area contributed by atoms with Gasteiger partial charge in [-0.05, 0) is 76.0 Å². The summed E-state index contributed by atoms with van der Waals surface area (Å²) >= 11 is 0. The summed E-state index contributed by atoms with van der Waals surface area (Å²) in [5, 5.41) is 9.12. The maximum absolute atomic E-state index is 13.1. The number of aromatic amines is 1. The van der Waals surface area contributed by atoms with E-state index in [9.17, 15) is 4.79 Å². The van der Waals surface area contributed by atoms with Gasteiger partial charge >= 0.3 is 0 Å². The molecule has 180 valence electrons. The van der Waals surface area contributed by atoms with E-state index in [4.69, 9.17) is 11.1 Å². The molecule has 1 aliphatic carbocycles. The molecule has 1 saturated heterocycles. The molecular weight excluding hydrogens is 408 g/mol. The van der Waals surface area contributed by atoms with Crippen LogP contribution in [0.25, 0.3) is 10.9 Å². The zero-order chi connectivity index (χ0) is 23.5. The van der Waals surface area contributed by atoms with Crippen LogP contribution >= 0.6 is 0 Å². The molecule has 1 aliphatic heterocycles. The van der Waals surface area contributed by atoms with E-state index in [0.29, 0.717) is 18.1 Å². The maximum atomic E-state index is 13.1. The fraction of sp³-hybridized carbons (Fsp3) is 0.643. The summed E-state index contributed by atoms with van der Waals surface area (Å²) in [6.07, 6.45) is 11.2. The van der Waals surface area contributed by atoms with E-state index in [0.717, 1.165) is 43.2 Å². The van der Waals surface area contributed by atoms with Gasteiger partial charge in [-0.1, -0.05) is 44.7 Å². The van der Waals surface area contributed by atoms with Crippen molar-refractivity contribution < 1.29 is 0 Å². The molecule has 4 N–H and O–H groups in total. The van der Waals surface area contributed by atoms with E-state index in [1.165, 1.54) is 43.1 Å². The summed E-state index contributed by atoms with van der Waals surface area (Å²) in [5.74, 6) is 0.544. The van der Waals surface area contributed by atoms with Gasteiger partial charge in [0, 0.05) is 40.5 Å². The van der Waals surface area contributed by atoms with Crippen LogP contribution in [-0.2, 0) is 0 Å². The third-order valence-electron chi connectivity index (χ3n) is 8.32. The molecule has 0 amide bonds. The second kappa shape index (κ2) is 10.4. The van der Waals surface area contributed by atoms with Gasteiger partial charge in [-0.3, -0.25) is 15.1 Å². The quantitative estimate of drug-likeness (QED) is 0.345. The fourth-order valence-corrected chi connectivity index (χ4v) is 6.54. The standard InChI is InChI=1S/C28H42N4O/c1-4-5-15-26(32-18(2)9-6-10-19(32)3)22-13-8-14-25-24(22)17-23(28(33)31-25)20-11-7-12-21(16-20)27(29)30/h8,13-14,17-21,26H,4-7,9-12,15-16H2,1-3H3,(H3,29,30)(H,31,33). The number of aromatic nitrogens is 1. The molecule has 2 aromatic rings. The summed E-state index contributed by atoms with van der Waals surface area (Å²) in [5.41, 5.74) is 9.06. The summed E-state index contributed by atoms with van der Waals surface area (Å²) in [6.45, 7) is 7.04. The first-order chi connectivity index (χ1) is 15.9. The van der Waals surface area contributed by atoms with Gasteiger partial charge in [-0.15, -0.1) is 0 Å². The number of benzene rings is 1. The summed E-state index contributed by atoms with van der Waals surface area (Å²) in [7, 11) is 0. The molecule has 0 spiro atoms. The predicted molar refractivity (Wildman–Crippen MR) is 138 cm³/mol. The number of rotatable bonds is 7. The Bertz CT molecular complexity index is 1020. The highest BCUT2D eigenvalue weighted by Crippen LogP contribution is 2.40. The van der Waals surface area contributed by atoms with Crippen LogP contribution in [0, 0.1) is 11.3 Å². The Hall–Kier alpha value is -2.14. The number of nitrogens with one attached hydrogen (secondary N) is 2. The number of piperidine rings is 1. The molecule has 33 heavy (non-hydrogen) atoms. The molecule has 4 rings (SSSR count). The van der Waals surface area contributed by atoms with Crippen LogP contribution in [0.3, 0.4) is 0 Å². The molecule has 2 heterocycles. The number of unbranched alkanes of at least 4 members (excludes halogenated alkanes) is 1. The first-order valence-electron chi connectivity index (χ1n) is 13.2. The Morgan fingerprint density at radius 2 is 1.91 bits per heavy atom. The molecule has 2 aliphatic rings. The van der Waals surface area contributed by atoms with E-state index in [1.54, 1.807) is 0 Å². The lowest BCUT2D eigenvalue weighted by Gasteiger charge is -2.45. The molecule has 1 aromatic carbocycles. The van der Waals surface area contributed by atoms with Crippen molar-refractivity contribution in [2.45, 2.75) is 109 Å². The number of H-pyrrole nitrogens is 1. The summed E-state index contributed by atoms with van der Waals surface area (Å²) in [6, 6.07) is 10.1. The number of nitrogens with two attached hydrogens (primary N) is 1. The number of amidine groups is 1. The van der Waals surface area contributed by atoms with Crippen molar-refractivity contribution in [1.29, 1.82) is 5.41 Å². The van der Waals surface area contributed by atoms with Crippen molar-refractivity contribution in [3.8, 4) is 0 Å². The van der Waals surface area contributed by atoms with Gasteiger partial charge in [-0.2, -0.15) is 0 Å². The average Bonchev–Trinajstić information content (AvgIpc) is 2.80. The van der Waals surface area contributed by atoms with Crippen LogP contribution in [0.15, 0.2) is 29.1 Å². The Morgan fingerprint density at radius 3 is 2.61 bits per heavy atom. The first-order valence-corrected chi connectivity index (χ1v) is 13.2. The van der Waals surface area contributed by atoms with E-state index < -0.39 is 0 Å². The van der Waals surface area contributed by atoms with Gasteiger partial charge in [0.2, 0.25) is 0 Å². The molecule has 0 bridgehead atoms. The first kappa shape index (κ1) is 24.0. The molecule has 5 atom stereocenters. The SMILES string of the molecule is CCCCC(c1cccc2[nH]c(=O)c(C3CCCC(C(=N)N)C3)cc12)N1C(C)CCCC1C. The topological polar surface area (TPSA) is 86.0 Å². The van der Waals surface area contributed by atoms with Crippen molar-refractivity contribution in [2.75, 3.05) is 0 Å². The Balaban J connectivity index is 1.78. The normalized spacial score (nSPS) is 27.5. The minimum absolute atomic E-state index is 0.0265. The van der Waals surface area contributed by atoms with Crippen LogP contribution < -0.4 is 11.3 Å². The minimum atomic E-state index is 0.0265. The number of likely N-dealkylation sites (tertiary alicyclic amines) is 1. The van der Waals surface area contributed by atoms with Crippen molar-refractivity contribution in [1.82, 2.24) is 9.88 Å². The third kappa shape index (κ3) is 5.03. The number of nitrogens with zero attached hydrogens (tertiary/aromatic N) is 1. The average molecular weight is 451 g/mol. The van der Waals surface area contributed by atoms with Gasteiger partial charge in [0.15, 0.2) is 0 Å². The highest BCUT2D eigenvalue weighted by Gasteiger charge is 2.33. The molecule has 1 aromatic heterocycles. The second-order valence-electron chi connectivity index (χ2n) is 10.6. The molecule has 5 unspecified atom stereocenters. The Morgan fingerprint density at radius 1 is 1.18 bits per heavy atom. The lowest BCUT2D eigenvalue weighted by Crippen LogP contribution is -2.46. The second-order valence-corrected chi connectivity index (χ2v) is 10.6. The monoisotopic (exact) mass is 450 g/mol. The van der Waals surface area contributed by atoms with Crippen molar-refractivity contribution in [3.63, 3.8) is 0 Å². The minimum Gasteiger partial charge on any atom is -0.387 e. The van der Waals surface area contributed by atoms with E-state index in [-0.39, 0.29) is 23.2 Å². The van der Waals surface area contributed by atoms with Crippen LogP contribution in [0.1, 0.15) is 108 Å². The molecule has 5 heteroatoms. The molecule has 1 saturated carbocycles. The number of hydrogen-bond acceptors (Lipinski definition) is 3. The highest BCUT2D eigenvalue weighted by molar-refractivity contribution is 5.83. The molecule has 5 nitrogen and oxygen atoms in total. The van der Waals surface area contributed by atoms with Gasteiger partial charge in [0.05, 0.1) is 5.84 Å². The maximum Gasteiger partial charge on any atom is 0.251 e. The van der Waals surface area contributed by atoms with Crippen molar-refractivity contribution in [2.24, 2.45) is 11.7 Å². The zero-order valence-corrected chi connectivity index (χ0v) is 20.7. The van der Waals surface area contributed by atoms with Crippen LogP contribution in [0.5, 0.6) is 0 Å². The highest BCUT2D eigenvalue weighted by atomic mass is 16.1. The summed E-state index contributed by atoms with van der Waals surface area (Å²) in [4.78, 5) is 19.1. The fourth-order valence-electron chi connectivity index (χ4n) is 6.54. The van der Waals surface area contributed by atoms with E-state index >= 15 is 0 Å². The summed E-state index contributed by atoms with van der Waals surface area (Å²) < 4.78 is 0. The predicted octanol–water partition coefficient (Wildman–Crippen LogP) is 6.23. The lowest BCUT2D eigenvalue weighted by molar-refractivity contribution is 0.0496. The van der Waals surface area contributed by atoms with Gasteiger partial charge in [0.1, 0.15) is 0 Å². The van der Waals surface area contributed by atoms with Gasteiger partial charge in [0.25, 0.3) is 5.56 Å². The van der Waals surface area contributed by atoms with Gasteiger partial charge in [-0.25, -0.2) is 0 Å². The van der Waals surface area contributed by atoms with Crippen molar-refractivity contribution >= 4 is 16.7 Å². The molecular formula is C28H42N4O. The van der Waals surface area contributed by atoms with Crippen LogP contribution in [-0.4, -0.2) is 27.8 Å². The number of pyridine rings is 1. The smallest absolute Gasteiger partial charge is 0.251 e. The number of hydrogen-bond donors (Lipinski definition) is 3. The Kier molecular flexibility index (Phi) is 7.58. The molecule has 0 radical (unpaired) electrons. The van der Waals surface area contributed by atoms with Gasteiger partial charge < -0.3 is 10.7 Å². The van der Waals surface area contributed by atoms with Crippen LogP contribution in [0.4, 0.5) is 0 Å². The van der Waals surface area contributed by atoms with Crippen molar-refractivity contribution in [3.05, 3.63) is 45.7 Å². The number of fused-ring (bicyclic) bond motifs is 1. The molecule has 2 fully saturated rings. The van der Waals surface area contributed by atoms with E-state index in [1.807, 2.05) is 6.07 Å². The Labute approximate surface area is 198 Å². The third-order valence-corrected chi connectivity index (χ3v) is 8.32. The van der Waals surface area contributed by atoms with E-state index in [2.05, 4.69) is 48.9 Å².